The van der Waals surface area contributed by atoms with E-state index in [1.165, 1.54) is 12.1 Å². The van der Waals surface area contributed by atoms with E-state index in [2.05, 4.69) is 0 Å². The molecule has 0 heterocycles. The molecule has 0 radical (unpaired) electrons. The summed E-state index contributed by atoms with van der Waals surface area (Å²) in [6.45, 7) is 9.50. The van der Waals surface area contributed by atoms with Crippen LogP contribution in [-0.2, 0) is 30.3 Å². The Kier molecular flexibility index (Phi) is 13.3. The fraction of sp³-hybridized carbons (Fsp3) is 0.484. The van der Waals surface area contributed by atoms with Crippen LogP contribution in [0.5, 0.6) is 11.5 Å². The van der Waals surface area contributed by atoms with E-state index in [1.807, 2.05) is 27.7 Å². The molecule has 0 aromatic heterocycles. The lowest BCUT2D eigenvalue weighted by atomic mass is 10.1. The SMILES string of the molecule is CC(C)CCC(=O)Oc1ccc(C[C@H](N)C(=O)O[C@@H](C)COC(=O)c2ccccc2)cc1OC(=O)CCC(C)C. The molecule has 2 aromatic rings. The summed E-state index contributed by atoms with van der Waals surface area (Å²) in [6.07, 6.45) is 1.12. The first-order chi connectivity index (χ1) is 18.9. The van der Waals surface area contributed by atoms with Gasteiger partial charge in [-0.1, -0.05) is 52.0 Å². The van der Waals surface area contributed by atoms with Crippen molar-refractivity contribution in [1.29, 1.82) is 0 Å². The molecule has 40 heavy (non-hydrogen) atoms. The number of benzene rings is 2. The third kappa shape index (κ3) is 12.0. The second-order valence-electron chi connectivity index (χ2n) is 10.6. The van der Waals surface area contributed by atoms with Gasteiger partial charge in [0.05, 0.1) is 5.56 Å². The first-order valence-corrected chi connectivity index (χ1v) is 13.7. The standard InChI is InChI=1S/C31H41NO8/c1-20(2)11-15-28(33)39-26-14-13-23(18-27(26)40-29(34)16-12-21(3)4)17-25(32)31(36)38-22(5)19-37-30(35)24-9-7-6-8-10-24/h6-10,13-14,18,20-22,25H,11-12,15-17,19,32H2,1-5H3/t22-,25-/m0/s1. The number of ether oxygens (including phenoxy) is 4. The van der Waals surface area contributed by atoms with Gasteiger partial charge in [0, 0.05) is 12.8 Å². The average Bonchev–Trinajstić information content (AvgIpc) is 2.91. The number of nitrogens with two attached hydrogens (primary N) is 1. The Morgan fingerprint density at radius 3 is 1.93 bits per heavy atom. The zero-order valence-corrected chi connectivity index (χ0v) is 24.0. The molecule has 0 unspecified atom stereocenters. The predicted molar refractivity (Wildman–Crippen MR) is 150 cm³/mol. The molecule has 2 N–H and O–H groups in total. The summed E-state index contributed by atoms with van der Waals surface area (Å²) in [5.41, 5.74) is 7.07. The van der Waals surface area contributed by atoms with Crippen LogP contribution in [0.15, 0.2) is 48.5 Å². The van der Waals surface area contributed by atoms with E-state index >= 15 is 0 Å². The van der Waals surface area contributed by atoms with E-state index in [9.17, 15) is 19.2 Å². The van der Waals surface area contributed by atoms with Crippen molar-refractivity contribution in [3.8, 4) is 11.5 Å². The average molecular weight is 556 g/mol. The quantitative estimate of drug-likeness (QED) is 0.237. The van der Waals surface area contributed by atoms with Crippen LogP contribution in [0.1, 0.15) is 76.2 Å². The molecule has 0 fully saturated rings. The van der Waals surface area contributed by atoms with Crippen molar-refractivity contribution in [3.05, 3.63) is 59.7 Å². The first kappa shape index (κ1) is 32.5. The summed E-state index contributed by atoms with van der Waals surface area (Å²) in [7, 11) is 0. The third-order valence-electron chi connectivity index (χ3n) is 5.84. The highest BCUT2D eigenvalue weighted by atomic mass is 16.6. The van der Waals surface area contributed by atoms with Gasteiger partial charge in [-0.2, -0.15) is 0 Å². The minimum atomic E-state index is -1.03. The van der Waals surface area contributed by atoms with Crippen LogP contribution >= 0.6 is 0 Å². The maximum atomic E-state index is 12.6. The second-order valence-corrected chi connectivity index (χ2v) is 10.6. The number of hydrogen-bond acceptors (Lipinski definition) is 9. The third-order valence-corrected chi connectivity index (χ3v) is 5.84. The maximum absolute atomic E-state index is 12.6. The van der Waals surface area contributed by atoms with Crippen LogP contribution in [0.2, 0.25) is 0 Å². The van der Waals surface area contributed by atoms with Gasteiger partial charge in [0.1, 0.15) is 18.8 Å². The van der Waals surface area contributed by atoms with E-state index in [1.54, 1.807) is 43.3 Å². The van der Waals surface area contributed by atoms with E-state index in [0.29, 0.717) is 35.8 Å². The Bertz CT molecular complexity index is 1130. The molecule has 2 atom stereocenters. The van der Waals surface area contributed by atoms with E-state index in [4.69, 9.17) is 24.7 Å². The van der Waals surface area contributed by atoms with Gasteiger partial charge in [0.2, 0.25) is 0 Å². The highest BCUT2D eigenvalue weighted by molar-refractivity contribution is 5.89. The predicted octanol–water partition coefficient (Wildman–Crippen LogP) is 5.03. The molecule has 0 aliphatic rings. The Morgan fingerprint density at radius 2 is 1.35 bits per heavy atom. The van der Waals surface area contributed by atoms with Crippen LogP contribution < -0.4 is 15.2 Å². The molecule has 9 heteroatoms. The Labute approximate surface area is 236 Å². The van der Waals surface area contributed by atoms with Gasteiger partial charge >= 0.3 is 23.9 Å². The van der Waals surface area contributed by atoms with Crippen LogP contribution in [0, 0.1) is 11.8 Å². The van der Waals surface area contributed by atoms with Crippen molar-refractivity contribution in [2.45, 2.75) is 78.9 Å². The van der Waals surface area contributed by atoms with Crippen molar-refractivity contribution in [3.63, 3.8) is 0 Å². The molecule has 0 saturated heterocycles. The lowest BCUT2D eigenvalue weighted by Crippen LogP contribution is -2.37. The lowest BCUT2D eigenvalue weighted by Gasteiger charge is -2.18. The molecule has 0 aliphatic carbocycles. The minimum absolute atomic E-state index is 0.0769. The van der Waals surface area contributed by atoms with Crippen molar-refractivity contribution in [2.75, 3.05) is 6.61 Å². The molecule has 0 saturated carbocycles. The van der Waals surface area contributed by atoms with Crippen molar-refractivity contribution < 1.29 is 38.1 Å². The lowest BCUT2D eigenvalue weighted by molar-refractivity contribution is -0.151. The highest BCUT2D eigenvalue weighted by Crippen LogP contribution is 2.30. The summed E-state index contributed by atoms with van der Waals surface area (Å²) in [4.78, 5) is 49.4. The summed E-state index contributed by atoms with van der Waals surface area (Å²) in [5, 5.41) is 0. The zero-order chi connectivity index (χ0) is 29.7. The van der Waals surface area contributed by atoms with Crippen molar-refractivity contribution in [1.82, 2.24) is 0 Å². The largest absolute Gasteiger partial charge is 0.458 e. The monoisotopic (exact) mass is 555 g/mol. The molecule has 2 rings (SSSR count). The van der Waals surface area contributed by atoms with Gasteiger partial charge in [0.15, 0.2) is 11.5 Å². The highest BCUT2D eigenvalue weighted by Gasteiger charge is 2.22. The molecular weight excluding hydrogens is 514 g/mol. The fourth-order valence-electron chi connectivity index (χ4n) is 3.51. The van der Waals surface area contributed by atoms with Crippen LogP contribution in [0.4, 0.5) is 0 Å². The van der Waals surface area contributed by atoms with Crippen LogP contribution in [0.25, 0.3) is 0 Å². The van der Waals surface area contributed by atoms with E-state index in [-0.39, 0.29) is 37.4 Å². The van der Waals surface area contributed by atoms with Gasteiger partial charge in [-0.3, -0.25) is 14.4 Å². The van der Waals surface area contributed by atoms with E-state index in [0.717, 1.165) is 0 Å². The number of carbonyl (C=O) groups is 4. The Hall–Kier alpha value is -3.72. The first-order valence-electron chi connectivity index (χ1n) is 13.7. The maximum Gasteiger partial charge on any atom is 0.338 e. The molecule has 0 aliphatic heterocycles. The number of esters is 4. The second kappa shape index (κ2) is 16.4. The van der Waals surface area contributed by atoms with Gasteiger partial charge in [-0.25, -0.2) is 4.79 Å². The molecule has 218 valence electrons. The van der Waals surface area contributed by atoms with Crippen LogP contribution in [-0.4, -0.2) is 42.6 Å². The van der Waals surface area contributed by atoms with Gasteiger partial charge in [-0.15, -0.1) is 0 Å². The summed E-state index contributed by atoms with van der Waals surface area (Å²) in [5.74, 6) is -1.21. The zero-order valence-electron chi connectivity index (χ0n) is 24.0. The topological polar surface area (TPSA) is 131 Å². The summed E-state index contributed by atoms with van der Waals surface area (Å²) >= 11 is 0. The molecule has 0 spiro atoms. The number of rotatable bonds is 15. The normalized spacial score (nSPS) is 12.5. The van der Waals surface area contributed by atoms with Gasteiger partial charge in [0.25, 0.3) is 0 Å². The van der Waals surface area contributed by atoms with Crippen molar-refractivity contribution in [2.24, 2.45) is 17.6 Å². The van der Waals surface area contributed by atoms with Crippen LogP contribution in [0.3, 0.4) is 0 Å². The molecule has 9 nitrogen and oxygen atoms in total. The summed E-state index contributed by atoms with van der Waals surface area (Å²) in [6, 6.07) is 12.2. The van der Waals surface area contributed by atoms with Crippen molar-refractivity contribution >= 4 is 23.9 Å². The number of carbonyl (C=O) groups excluding carboxylic acids is 4. The Balaban J connectivity index is 2.01. The van der Waals surface area contributed by atoms with Gasteiger partial charge < -0.3 is 24.7 Å². The Morgan fingerprint density at radius 1 is 0.775 bits per heavy atom. The summed E-state index contributed by atoms with van der Waals surface area (Å²) < 4.78 is 21.6. The minimum Gasteiger partial charge on any atom is -0.458 e. The number of hydrogen-bond donors (Lipinski definition) is 1. The molecule has 0 amide bonds. The molecule has 0 bridgehead atoms. The van der Waals surface area contributed by atoms with E-state index < -0.39 is 36.0 Å². The van der Waals surface area contributed by atoms with Gasteiger partial charge in [-0.05, 0) is 67.9 Å². The molecular formula is C31H41NO8. The smallest absolute Gasteiger partial charge is 0.338 e. The molecule has 2 aromatic carbocycles. The fourth-order valence-corrected chi connectivity index (χ4v) is 3.51.